The highest BCUT2D eigenvalue weighted by atomic mass is 16.5. The third-order valence-electron chi connectivity index (χ3n) is 7.93. The second-order valence-corrected chi connectivity index (χ2v) is 10.2. The molecule has 0 aliphatic heterocycles. The molecule has 3 N–H and O–H groups in total. The molecule has 5 rings (SSSR count). The number of fused-ring (bicyclic) bond motifs is 3. The number of benzene rings is 2. The van der Waals surface area contributed by atoms with Crippen LogP contribution in [0, 0.1) is 11.3 Å². The summed E-state index contributed by atoms with van der Waals surface area (Å²) in [6, 6.07) is 16.3. The van der Waals surface area contributed by atoms with Crippen LogP contribution in [0.1, 0.15) is 62.0 Å². The van der Waals surface area contributed by atoms with Crippen LogP contribution in [0.5, 0.6) is 0 Å². The molecule has 35 heavy (non-hydrogen) atoms. The van der Waals surface area contributed by atoms with Gasteiger partial charge in [-0.3, -0.25) is 9.59 Å². The van der Waals surface area contributed by atoms with Gasteiger partial charge in [0.1, 0.15) is 6.61 Å². The molecule has 0 heterocycles. The van der Waals surface area contributed by atoms with Crippen molar-refractivity contribution < 1.29 is 24.2 Å². The van der Waals surface area contributed by atoms with E-state index in [0.717, 1.165) is 25.7 Å². The van der Waals surface area contributed by atoms with Crippen LogP contribution in [-0.4, -0.2) is 42.3 Å². The Morgan fingerprint density at radius 1 is 0.943 bits per heavy atom. The molecule has 3 aliphatic carbocycles. The summed E-state index contributed by atoms with van der Waals surface area (Å²) in [6.07, 6.45) is 4.72. The van der Waals surface area contributed by atoms with Crippen LogP contribution >= 0.6 is 0 Å². The first-order valence-electron chi connectivity index (χ1n) is 12.6. The molecule has 2 aromatic carbocycles. The number of alkyl carbamates (subject to hydrolysis) is 1. The molecule has 0 bridgehead atoms. The predicted molar refractivity (Wildman–Crippen MR) is 131 cm³/mol. The van der Waals surface area contributed by atoms with Gasteiger partial charge in [0.05, 0.1) is 5.41 Å². The topological polar surface area (TPSA) is 105 Å². The van der Waals surface area contributed by atoms with Gasteiger partial charge in [-0.1, -0.05) is 61.4 Å². The van der Waals surface area contributed by atoms with Crippen molar-refractivity contribution in [2.75, 3.05) is 13.2 Å². The summed E-state index contributed by atoms with van der Waals surface area (Å²) in [4.78, 5) is 36.6. The van der Waals surface area contributed by atoms with Crippen molar-refractivity contribution in [1.29, 1.82) is 0 Å². The van der Waals surface area contributed by atoms with E-state index in [-0.39, 0.29) is 43.4 Å². The zero-order valence-electron chi connectivity index (χ0n) is 19.8. The Morgan fingerprint density at radius 2 is 1.57 bits per heavy atom. The molecule has 2 amide bonds. The fourth-order valence-electron chi connectivity index (χ4n) is 5.63. The van der Waals surface area contributed by atoms with Crippen molar-refractivity contribution in [3.63, 3.8) is 0 Å². The Hall–Kier alpha value is -3.35. The van der Waals surface area contributed by atoms with Gasteiger partial charge in [0.2, 0.25) is 5.91 Å². The number of carbonyl (C=O) groups excluding carboxylic acids is 2. The fourth-order valence-corrected chi connectivity index (χ4v) is 5.63. The zero-order valence-corrected chi connectivity index (χ0v) is 19.8. The van der Waals surface area contributed by atoms with E-state index in [9.17, 15) is 19.5 Å². The molecule has 0 unspecified atom stereocenters. The van der Waals surface area contributed by atoms with E-state index in [1.807, 2.05) is 24.3 Å². The van der Waals surface area contributed by atoms with Gasteiger partial charge in [-0.15, -0.1) is 0 Å². The lowest BCUT2D eigenvalue weighted by atomic mass is 9.82. The summed E-state index contributed by atoms with van der Waals surface area (Å²) in [6.45, 7) is 0.438. The van der Waals surface area contributed by atoms with Crippen LogP contribution < -0.4 is 10.6 Å². The average Bonchev–Trinajstić information content (AvgIpc) is 3.60. The number of nitrogens with one attached hydrogen (secondary N) is 2. The van der Waals surface area contributed by atoms with Crippen LogP contribution in [0.4, 0.5) is 4.79 Å². The van der Waals surface area contributed by atoms with E-state index in [4.69, 9.17) is 4.74 Å². The van der Waals surface area contributed by atoms with E-state index < -0.39 is 17.5 Å². The van der Waals surface area contributed by atoms with Crippen molar-refractivity contribution >= 4 is 18.0 Å². The van der Waals surface area contributed by atoms with Gasteiger partial charge in [0.15, 0.2) is 0 Å². The number of carbonyl (C=O) groups is 3. The Balaban J connectivity index is 1.15. The monoisotopic (exact) mass is 476 g/mol. The minimum atomic E-state index is -0.842. The lowest BCUT2D eigenvalue weighted by Gasteiger charge is -2.31. The summed E-state index contributed by atoms with van der Waals surface area (Å²) in [5, 5.41) is 15.1. The van der Waals surface area contributed by atoms with Gasteiger partial charge < -0.3 is 20.5 Å². The molecule has 0 spiro atoms. The second kappa shape index (κ2) is 9.72. The number of amides is 2. The second-order valence-electron chi connectivity index (χ2n) is 10.2. The quantitative estimate of drug-likeness (QED) is 0.522. The normalized spacial score (nSPS) is 21.9. The first-order valence-corrected chi connectivity index (χ1v) is 12.6. The van der Waals surface area contributed by atoms with Crippen LogP contribution in [0.3, 0.4) is 0 Å². The van der Waals surface area contributed by atoms with Crippen molar-refractivity contribution in [1.82, 2.24) is 10.6 Å². The highest BCUT2D eigenvalue weighted by Gasteiger charge is 2.50. The van der Waals surface area contributed by atoms with Crippen molar-refractivity contribution in [3.05, 3.63) is 59.7 Å². The molecule has 2 aromatic rings. The Morgan fingerprint density at radius 3 is 2.20 bits per heavy atom. The van der Waals surface area contributed by atoms with Crippen molar-refractivity contribution in [2.24, 2.45) is 11.3 Å². The Kier molecular flexibility index (Phi) is 6.50. The van der Waals surface area contributed by atoms with Gasteiger partial charge in [0, 0.05) is 24.9 Å². The van der Waals surface area contributed by atoms with Crippen LogP contribution in [0.2, 0.25) is 0 Å². The highest BCUT2D eigenvalue weighted by Crippen LogP contribution is 2.45. The minimum absolute atomic E-state index is 0.00469. The van der Waals surface area contributed by atoms with Crippen LogP contribution in [0.15, 0.2) is 48.5 Å². The Labute approximate surface area is 205 Å². The number of ether oxygens (including phenoxy) is 1. The van der Waals surface area contributed by atoms with E-state index >= 15 is 0 Å². The summed E-state index contributed by atoms with van der Waals surface area (Å²) >= 11 is 0. The van der Waals surface area contributed by atoms with E-state index in [0.29, 0.717) is 12.8 Å². The number of carboxylic acid groups (broad SMARTS) is 1. The molecule has 2 saturated carbocycles. The standard InChI is InChI=1S/C28H32N2O5/c31-25(29-17-28(13-14-28)26(32)33)15-18-7-1-6-12-24(18)30-27(34)35-16-23-21-10-4-2-8-19(21)20-9-3-5-11-22(20)23/h2-5,8-11,18,23-24H,1,6-7,12-17H2,(H,29,31)(H,30,34)(H,32,33)/t18-,24-/m1/s1. The van der Waals surface area contributed by atoms with Crippen molar-refractivity contribution in [3.8, 4) is 11.1 Å². The molecule has 2 fully saturated rings. The number of hydrogen-bond donors (Lipinski definition) is 3. The maximum Gasteiger partial charge on any atom is 0.407 e. The lowest BCUT2D eigenvalue weighted by Crippen LogP contribution is -2.45. The third-order valence-corrected chi connectivity index (χ3v) is 7.93. The van der Waals surface area contributed by atoms with Gasteiger partial charge in [-0.25, -0.2) is 4.79 Å². The number of aliphatic carboxylic acids is 1. The molecule has 184 valence electrons. The maximum absolute atomic E-state index is 12.8. The molecule has 0 saturated heterocycles. The fraction of sp³-hybridized carbons (Fsp3) is 0.464. The van der Waals surface area contributed by atoms with E-state index in [1.54, 1.807) is 0 Å². The van der Waals surface area contributed by atoms with E-state index in [2.05, 4.69) is 34.9 Å². The van der Waals surface area contributed by atoms with Crippen LogP contribution in [0.25, 0.3) is 11.1 Å². The Bertz CT molecular complexity index is 1080. The first kappa shape index (κ1) is 23.4. The van der Waals surface area contributed by atoms with Crippen molar-refractivity contribution in [2.45, 2.75) is 56.9 Å². The highest BCUT2D eigenvalue weighted by molar-refractivity contribution is 5.81. The molecule has 0 aromatic heterocycles. The SMILES string of the molecule is O=C(C[C@H]1CCCC[C@H]1NC(=O)OCC1c2ccccc2-c2ccccc21)NCC1(C(=O)O)CC1. The van der Waals surface area contributed by atoms with Gasteiger partial charge in [-0.05, 0) is 53.9 Å². The largest absolute Gasteiger partial charge is 0.481 e. The first-order chi connectivity index (χ1) is 17.0. The molecule has 3 aliphatic rings. The zero-order chi connectivity index (χ0) is 24.4. The lowest BCUT2D eigenvalue weighted by molar-refractivity contribution is -0.143. The van der Waals surface area contributed by atoms with Gasteiger partial charge in [-0.2, -0.15) is 0 Å². The summed E-state index contributed by atoms with van der Waals surface area (Å²) in [5.74, 6) is -0.969. The maximum atomic E-state index is 12.8. The number of rotatable bonds is 8. The smallest absolute Gasteiger partial charge is 0.407 e. The summed E-state index contributed by atoms with van der Waals surface area (Å²) in [7, 11) is 0. The number of hydrogen-bond acceptors (Lipinski definition) is 4. The summed E-state index contributed by atoms with van der Waals surface area (Å²) < 4.78 is 5.71. The molecule has 7 heteroatoms. The van der Waals surface area contributed by atoms with Gasteiger partial charge >= 0.3 is 12.1 Å². The molecular weight excluding hydrogens is 444 g/mol. The minimum Gasteiger partial charge on any atom is -0.481 e. The van der Waals surface area contributed by atoms with Gasteiger partial charge in [0.25, 0.3) is 0 Å². The third kappa shape index (κ3) is 4.90. The molecule has 2 atom stereocenters. The predicted octanol–water partition coefficient (Wildman–Crippen LogP) is 4.46. The molecule has 7 nitrogen and oxygen atoms in total. The van der Waals surface area contributed by atoms with E-state index in [1.165, 1.54) is 22.3 Å². The average molecular weight is 477 g/mol. The number of carboxylic acids is 1. The summed E-state index contributed by atoms with van der Waals surface area (Å²) in [5.41, 5.74) is 3.94. The molecular formula is C28H32N2O5. The molecule has 0 radical (unpaired) electrons. The van der Waals surface area contributed by atoms with Crippen LogP contribution in [-0.2, 0) is 14.3 Å².